The van der Waals surface area contributed by atoms with E-state index in [2.05, 4.69) is 63.8 Å². The van der Waals surface area contributed by atoms with Crippen molar-refractivity contribution in [2.24, 2.45) is 29.6 Å². The van der Waals surface area contributed by atoms with Gasteiger partial charge in [0.05, 0.1) is 0 Å². The summed E-state index contributed by atoms with van der Waals surface area (Å²) in [5, 5.41) is 43.6. The minimum absolute atomic E-state index is 0. The van der Waals surface area contributed by atoms with Gasteiger partial charge in [-0.15, -0.1) is 78.1 Å². The number of piperidine rings is 5. The molecule has 6 aliphatic rings. The molecule has 6 rings (SSSR count). The number of unbranched alkanes of at least 4 members (excludes halogenated alkanes) is 9. The molecule has 6 heterocycles. The van der Waals surface area contributed by atoms with Crippen LogP contribution in [0.2, 0.25) is 0 Å². The Morgan fingerprint density at radius 1 is 0.377 bits per heavy atom. The van der Waals surface area contributed by atoms with Crippen molar-refractivity contribution in [3.05, 3.63) is 62.0 Å². The van der Waals surface area contributed by atoms with Gasteiger partial charge in [-0.2, -0.15) is 6.20 Å². The fourth-order valence-corrected chi connectivity index (χ4v) is 9.47. The van der Waals surface area contributed by atoms with Gasteiger partial charge in [-0.3, -0.25) is 28.8 Å². The molecular formula is C54H94Ag4N13O6-3. The fraction of sp³-hybridized carbons (Fsp3) is 0.815. The smallest absolute Gasteiger partial charge is 0.693 e. The normalized spacial score (nSPS) is 21.4. The minimum Gasteiger partial charge on any atom is -0.693 e. The topological polar surface area (TPSA) is 293 Å². The monoisotopic (exact) mass is 1450 g/mol. The Kier molecular flexibility index (Phi) is 52.3. The maximum Gasteiger partial charge on any atom is 1.00 e. The first-order valence-electron chi connectivity index (χ1n) is 28.2. The zero-order valence-electron chi connectivity index (χ0n) is 45.6. The van der Waals surface area contributed by atoms with Gasteiger partial charge in [0.25, 0.3) is 0 Å². The molecule has 5 fully saturated rings. The van der Waals surface area contributed by atoms with Crippen molar-refractivity contribution in [2.45, 2.75) is 141 Å². The van der Waals surface area contributed by atoms with E-state index in [0.29, 0.717) is 51.4 Å². The average molecular weight is 1450 g/mol. The first kappa shape index (κ1) is 77.9. The molecule has 5 atom stereocenters. The molecule has 5 unspecified atom stereocenters. The SMILES string of the molecule is O=C(NCCCCCCNC(=O)C1CCC[N-]C1)C1=C[N-]CC=C1.O=C(NCCCCCCNC(=O)C1CCC[N-]C1)C1CCC[N-]C1.O=C(NCCCCCCNC(=O)C1CCC[N-]C1)C1CCC[N-]C1.[Ag+].[Ag+].[Ag+].[Ag+].[NH2-]. The molecule has 0 saturated carbocycles. The Hall–Kier alpha value is -1.18. The Balaban J connectivity index is 0. The van der Waals surface area contributed by atoms with Gasteiger partial charge in [-0.25, -0.2) is 0 Å². The van der Waals surface area contributed by atoms with Crippen molar-refractivity contribution in [3.8, 4) is 0 Å². The van der Waals surface area contributed by atoms with E-state index in [9.17, 15) is 28.8 Å². The number of hydrogen-bond acceptors (Lipinski definition) is 6. The molecule has 0 aromatic carbocycles. The Morgan fingerprint density at radius 3 is 0.831 bits per heavy atom. The van der Waals surface area contributed by atoms with Crippen LogP contribution in [0.1, 0.15) is 141 Å². The van der Waals surface area contributed by atoms with Gasteiger partial charge in [-0.05, 0) is 70.6 Å². The van der Waals surface area contributed by atoms with E-state index < -0.39 is 0 Å². The van der Waals surface area contributed by atoms with Crippen molar-refractivity contribution in [3.63, 3.8) is 0 Å². The molecule has 0 radical (unpaired) electrons. The van der Waals surface area contributed by atoms with Crippen molar-refractivity contribution in [2.75, 3.05) is 111 Å². The predicted octanol–water partition coefficient (Wildman–Crippen LogP) is 7.79. The van der Waals surface area contributed by atoms with Gasteiger partial charge in [0.15, 0.2) is 0 Å². The number of nitrogens with one attached hydrogen (secondary N) is 6. The molecular weight excluding hydrogens is 1360 g/mol. The number of rotatable bonds is 27. The number of carbonyl (C=O) groups is 6. The van der Waals surface area contributed by atoms with Crippen LogP contribution in [0.15, 0.2) is 23.9 Å². The second kappa shape index (κ2) is 51.7. The molecule has 19 nitrogen and oxygen atoms in total. The summed E-state index contributed by atoms with van der Waals surface area (Å²) in [6.45, 7) is 13.1. The van der Waals surface area contributed by atoms with E-state index in [1.807, 2.05) is 12.2 Å². The summed E-state index contributed by atoms with van der Waals surface area (Å²) < 4.78 is 0. The van der Waals surface area contributed by atoms with Crippen LogP contribution in [0.5, 0.6) is 0 Å². The van der Waals surface area contributed by atoms with Gasteiger partial charge in [0.2, 0.25) is 35.4 Å². The first-order chi connectivity index (χ1) is 35.3. The van der Waals surface area contributed by atoms with Gasteiger partial charge in [0, 0.05) is 74.4 Å². The molecule has 0 spiro atoms. The van der Waals surface area contributed by atoms with Crippen molar-refractivity contribution in [1.29, 1.82) is 0 Å². The number of carbonyl (C=O) groups excluding carboxylic acids is 6. The van der Waals surface area contributed by atoms with Gasteiger partial charge < -0.3 is 70.0 Å². The first-order valence-corrected chi connectivity index (χ1v) is 28.2. The maximum absolute atomic E-state index is 11.9. The van der Waals surface area contributed by atoms with Gasteiger partial charge in [0.1, 0.15) is 0 Å². The Labute approximate surface area is 525 Å². The minimum atomic E-state index is -0.0557. The van der Waals surface area contributed by atoms with Crippen LogP contribution in [-0.2, 0) is 118 Å². The van der Waals surface area contributed by atoms with E-state index in [1.165, 1.54) is 0 Å². The molecule has 6 aliphatic heterocycles. The van der Waals surface area contributed by atoms with Gasteiger partial charge >= 0.3 is 89.5 Å². The summed E-state index contributed by atoms with van der Waals surface area (Å²) in [6, 6.07) is 0. The molecule has 0 aromatic rings. The molecule has 8 N–H and O–H groups in total. The van der Waals surface area contributed by atoms with Crippen LogP contribution in [0.3, 0.4) is 0 Å². The summed E-state index contributed by atoms with van der Waals surface area (Å²) in [5.41, 5.74) is 0.624. The fourth-order valence-electron chi connectivity index (χ4n) is 9.47. The van der Waals surface area contributed by atoms with E-state index in [4.69, 9.17) is 0 Å². The van der Waals surface area contributed by atoms with Crippen molar-refractivity contribution < 1.29 is 118 Å². The third-order valence-corrected chi connectivity index (χ3v) is 14.0. The molecule has 6 amide bonds. The molecule has 23 heteroatoms. The van der Waals surface area contributed by atoms with Crippen molar-refractivity contribution >= 4 is 35.4 Å². The second-order valence-electron chi connectivity index (χ2n) is 20.2. The molecule has 0 bridgehead atoms. The number of hydrogen-bond donors (Lipinski definition) is 6. The van der Waals surface area contributed by atoms with Crippen LogP contribution in [0, 0.1) is 29.6 Å². The molecule has 77 heavy (non-hydrogen) atoms. The number of nitrogens with two attached hydrogens (primary N) is 1. The summed E-state index contributed by atoms with van der Waals surface area (Å²) in [4.78, 5) is 71.5. The van der Waals surface area contributed by atoms with Crippen molar-refractivity contribution in [1.82, 2.24) is 31.9 Å². The van der Waals surface area contributed by atoms with E-state index in [1.54, 1.807) is 6.20 Å². The van der Waals surface area contributed by atoms with E-state index >= 15 is 0 Å². The van der Waals surface area contributed by atoms with E-state index in [-0.39, 0.29) is 161 Å². The molecule has 5 saturated heterocycles. The van der Waals surface area contributed by atoms with Crippen LogP contribution in [0.25, 0.3) is 38.1 Å². The molecule has 0 aliphatic carbocycles. The summed E-state index contributed by atoms with van der Waals surface area (Å²) in [6.07, 6.45) is 27.8. The van der Waals surface area contributed by atoms with Gasteiger partial charge in [-0.1, -0.05) is 76.7 Å². The van der Waals surface area contributed by atoms with E-state index in [0.717, 1.165) is 207 Å². The third kappa shape index (κ3) is 36.8. The van der Waals surface area contributed by atoms with Crippen LogP contribution in [0.4, 0.5) is 0 Å². The standard InChI is InChI=1S/2C18H32N4O2.C18H29N4O2.4Ag.H2N/c3*23-17(15-7-5-9-19-13-15)21-11-3-1-2-4-12-22-18(24)16-8-6-10-20-14-16;;;;;/h2*15-16H,1-14H2,(H,21,23)(H,22,24);5,7,13,16H,1-4,6,8-12,14H2,(H3,19,21,22,23,24);;;;;1H2/q2*-2;-1;4*+1;-1/p-1. The summed E-state index contributed by atoms with van der Waals surface area (Å²) in [5.74, 6) is 1.26. The zero-order chi connectivity index (χ0) is 51.1. The quantitative estimate of drug-likeness (QED) is 0.0352. The Morgan fingerprint density at radius 2 is 0.623 bits per heavy atom. The third-order valence-electron chi connectivity index (χ3n) is 14.0. The number of amides is 6. The molecule has 458 valence electrons. The van der Waals surface area contributed by atoms with Crippen LogP contribution < -0.4 is 31.9 Å². The second-order valence-corrected chi connectivity index (χ2v) is 20.2. The molecule has 0 aromatic heterocycles. The average Bonchev–Trinajstić information content (AvgIpc) is 3.44. The Bertz CT molecular complexity index is 1470. The maximum atomic E-state index is 11.9. The zero-order valence-corrected chi connectivity index (χ0v) is 51.5. The van der Waals surface area contributed by atoms with Crippen LogP contribution >= 0.6 is 0 Å². The summed E-state index contributed by atoms with van der Waals surface area (Å²) in [7, 11) is 0. The van der Waals surface area contributed by atoms with Crippen LogP contribution in [-0.4, -0.2) is 147 Å². The number of nitrogens with zero attached hydrogens (tertiary/aromatic N) is 6. The largest absolute Gasteiger partial charge is 1.00 e. The predicted molar refractivity (Wildman–Crippen MR) is 293 cm³/mol. The summed E-state index contributed by atoms with van der Waals surface area (Å²) >= 11 is 0.